The SMILES string of the molecule is CCOC(=O)C1CCC(OC2CN[C@H](CO)C2)CC1. The Morgan fingerprint density at radius 2 is 2.00 bits per heavy atom. The first kappa shape index (κ1) is 14.8. The standard InChI is InChI=1S/C14H25NO4/c1-2-18-14(17)10-3-5-12(6-4-10)19-13-7-11(9-16)15-8-13/h10-13,15-16H,2-9H2,1H3/t10?,11-,12?,13?/m0/s1. The molecule has 2 fully saturated rings. The molecule has 5 heteroatoms. The molecule has 0 aromatic heterocycles. The second-order valence-electron chi connectivity index (χ2n) is 5.51. The molecule has 0 aromatic carbocycles. The van der Waals surface area contributed by atoms with E-state index >= 15 is 0 Å². The molecule has 1 saturated carbocycles. The van der Waals surface area contributed by atoms with E-state index in [9.17, 15) is 4.79 Å². The van der Waals surface area contributed by atoms with Crippen LogP contribution in [-0.2, 0) is 14.3 Å². The van der Waals surface area contributed by atoms with Gasteiger partial charge >= 0.3 is 5.97 Å². The molecule has 2 N–H and O–H groups in total. The van der Waals surface area contributed by atoms with Crippen LogP contribution in [0.2, 0.25) is 0 Å². The lowest BCUT2D eigenvalue weighted by Gasteiger charge is -2.29. The van der Waals surface area contributed by atoms with Crippen LogP contribution in [-0.4, -0.2) is 49.1 Å². The van der Waals surface area contributed by atoms with Gasteiger partial charge in [-0.1, -0.05) is 0 Å². The minimum atomic E-state index is -0.0520. The number of esters is 1. The van der Waals surface area contributed by atoms with Crippen molar-refractivity contribution in [2.75, 3.05) is 19.8 Å². The fourth-order valence-corrected chi connectivity index (χ4v) is 2.99. The Labute approximate surface area is 114 Å². The smallest absolute Gasteiger partial charge is 0.308 e. The first-order valence-electron chi connectivity index (χ1n) is 7.39. The zero-order valence-electron chi connectivity index (χ0n) is 11.6. The van der Waals surface area contributed by atoms with E-state index in [1.807, 2.05) is 6.92 Å². The van der Waals surface area contributed by atoms with Crippen LogP contribution in [0.1, 0.15) is 39.0 Å². The maximum atomic E-state index is 11.6. The Hall–Kier alpha value is -0.650. The molecular weight excluding hydrogens is 246 g/mol. The number of carbonyl (C=O) groups excluding carboxylic acids is 1. The Kier molecular flexibility index (Phi) is 5.60. The van der Waals surface area contributed by atoms with Crippen molar-refractivity contribution < 1.29 is 19.4 Å². The van der Waals surface area contributed by atoms with E-state index < -0.39 is 0 Å². The number of nitrogens with one attached hydrogen (secondary N) is 1. The second-order valence-corrected chi connectivity index (χ2v) is 5.51. The molecule has 1 unspecified atom stereocenters. The lowest BCUT2D eigenvalue weighted by Crippen LogP contribution is -2.31. The zero-order chi connectivity index (χ0) is 13.7. The monoisotopic (exact) mass is 271 g/mol. The molecule has 1 aliphatic carbocycles. The van der Waals surface area contributed by atoms with Gasteiger partial charge in [0.2, 0.25) is 0 Å². The van der Waals surface area contributed by atoms with Gasteiger partial charge in [-0.3, -0.25) is 4.79 Å². The molecule has 0 amide bonds. The molecule has 0 spiro atoms. The van der Waals surface area contributed by atoms with E-state index in [4.69, 9.17) is 14.6 Å². The molecule has 0 bridgehead atoms. The summed E-state index contributed by atoms with van der Waals surface area (Å²) in [5, 5.41) is 12.3. The summed E-state index contributed by atoms with van der Waals surface area (Å²) in [7, 11) is 0. The number of carbonyl (C=O) groups is 1. The first-order chi connectivity index (χ1) is 9.22. The Bertz CT molecular complexity index is 289. The van der Waals surface area contributed by atoms with E-state index in [1.165, 1.54) is 0 Å². The van der Waals surface area contributed by atoms with Crippen molar-refractivity contribution in [3.63, 3.8) is 0 Å². The van der Waals surface area contributed by atoms with E-state index in [0.717, 1.165) is 38.6 Å². The van der Waals surface area contributed by atoms with Crippen LogP contribution < -0.4 is 5.32 Å². The third-order valence-corrected chi connectivity index (χ3v) is 4.08. The lowest BCUT2D eigenvalue weighted by molar-refractivity contribution is -0.150. The number of rotatable bonds is 5. The topological polar surface area (TPSA) is 67.8 Å². The van der Waals surface area contributed by atoms with Gasteiger partial charge in [-0.25, -0.2) is 0 Å². The van der Waals surface area contributed by atoms with Gasteiger partial charge in [0.1, 0.15) is 0 Å². The first-order valence-corrected chi connectivity index (χ1v) is 7.39. The molecule has 19 heavy (non-hydrogen) atoms. The predicted molar refractivity (Wildman–Crippen MR) is 70.7 cm³/mol. The minimum Gasteiger partial charge on any atom is -0.466 e. The maximum Gasteiger partial charge on any atom is 0.308 e. The van der Waals surface area contributed by atoms with Crippen molar-refractivity contribution in [3.05, 3.63) is 0 Å². The predicted octanol–water partition coefficient (Wildman–Crippen LogP) is 0.848. The largest absolute Gasteiger partial charge is 0.466 e. The highest BCUT2D eigenvalue weighted by Gasteiger charge is 2.31. The van der Waals surface area contributed by atoms with Crippen LogP contribution in [0, 0.1) is 5.92 Å². The van der Waals surface area contributed by atoms with Crippen molar-refractivity contribution in [2.45, 2.75) is 57.3 Å². The van der Waals surface area contributed by atoms with Crippen molar-refractivity contribution in [2.24, 2.45) is 5.92 Å². The van der Waals surface area contributed by atoms with E-state index in [-0.39, 0.29) is 36.7 Å². The Morgan fingerprint density at radius 1 is 1.26 bits per heavy atom. The molecule has 1 aliphatic heterocycles. The summed E-state index contributed by atoms with van der Waals surface area (Å²) in [5.74, 6) is 0.00974. The molecule has 2 rings (SSSR count). The number of aliphatic hydroxyl groups is 1. The third kappa shape index (κ3) is 4.16. The van der Waals surface area contributed by atoms with Gasteiger partial charge in [0, 0.05) is 12.6 Å². The molecule has 2 aliphatic rings. The van der Waals surface area contributed by atoms with E-state index in [2.05, 4.69) is 5.32 Å². The molecule has 0 radical (unpaired) electrons. The molecule has 5 nitrogen and oxygen atoms in total. The highest BCUT2D eigenvalue weighted by Crippen LogP contribution is 2.29. The van der Waals surface area contributed by atoms with E-state index in [0.29, 0.717) is 6.61 Å². The average Bonchev–Trinajstić information content (AvgIpc) is 2.87. The van der Waals surface area contributed by atoms with Crippen LogP contribution in [0.4, 0.5) is 0 Å². The van der Waals surface area contributed by atoms with Crippen LogP contribution in [0.25, 0.3) is 0 Å². The summed E-state index contributed by atoms with van der Waals surface area (Å²) in [6.07, 6.45) is 4.96. The maximum absolute atomic E-state index is 11.6. The molecule has 1 heterocycles. The van der Waals surface area contributed by atoms with Crippen LogP contribution in [0.3, 0.4) is 0 Å². The van der Waals surface area contributed by atoms with Crippen molar-refractivity contribution in [3.8, 4) is 0 Å². The van der Waals surface area contributed by atoms with Gasteiger partial charge < -0.3 is 19.9 Å². The van der Waals surface area contributed by atoms with Gasteiger partial charge in [0.05, 0.1) is 31.3 Å². The molecular formula is C14H25NO4. The molecule has 2 atom stereocenters. The molecule has 0 aromatic rings. The Balaban J connectivity index is 1.68. The zero-order valence-corrected chi connectivity index (χ0v) is 11.6. The molecule has 1 saturated heterocycles. The number of hydrogen-bond acceptors (Lipinski definition) is 5. The summed E-state index contributed by atoms with van der Waals surface area (Å²) in [4.78, 5) is 11.6. The summed E-state index contributed by atoms with van der Waals surface area (Å²) >= 11 is 0. The van der Waals surface area contributed by atoms with Gasteiger partial charge in [-0.2, -0.15) is 0 Å². The summed E-state index contributed by atoms with van der Waals surface area (Å²) in [6.45, 7) is 3.31. The van der Waals surface area contributed by atoms with Crippen LogP contribution >= 0.6 is 0 Å². The summed E-state index contributed by atoms with van der Waals surface area (Å²) < 4.78 is 11.1. The number of hydrogen-bond donors (Lipinski definition) is 2. The summed E-state index contributed by atoms with van der Waals surface area (Å²) in [6, 6.07) is 0.181. The fourth-order valence-electron chi connectivity index (χ4n) is 2.99. The average molecular weight is 271 g/mol. The second kappa shape index (κ2) is 7.22. The van der Waals surface area contributed by atoms with Crippen molar-refractivity contribution in [1.82, 2.24) is 5.32 Å². The van der Waals surface area contributed by atoms with Crippen LogP contribution in [0.5, 0.6) is 0 Å². The summed E-state index contributed by atoms with van der Waals surface area (Å²) in [5.41, 5.74) is 0. The quantitative estimate of drug-likeness (QED) is 0.726. The molecule has 110 valence electrons. The normalized spacial score (nSPS) is 35.3. The van der Waals surface area contributed by atoms with Gasteiger partial charge in [-0.05, 0) is 39.0 Å². The lowest BCUT2D eigenvalue weighted by atomic mass is 9.87. The Morgan fingerprint density at radius 3 is 2.58 bits per heavy atom. The number of ether oxygens (including phenoxy) is 2. The highest BCUT2D eigenvalue weighted by atomic mass is 16.5. The fraction of sp³-hybridized carbons (Fsp3) is 0.929. The van der Waals surface area contributed by atoms with E-state index in [1.54, 1.807) is 0 Å². The van der Waals surface area contributed by atoms with Crippen molar-refractivity contribution >= 4 is 5.97 Å². The van der Waals surface area contributed by atoms with Gasteiger partial charge in [-0.15, -0.1) is 0 Å². The number of aliphatic hydroxyl groups excluding tert-OH is 1. The third-order valence-electron chi connectivity index (χ3n) is 4.08. The van der Waals surface area contributed by atoms with Crippen molar-refractivity contribution in [1.29, 1.82) is 0 Å². The van der Waals surface area contributed by atoms with Gasteiger partial charge in [0.15, 0.2) is 0 Å². The van der Waals surface area contributed by atoms with Gasteiger partial charge in [0.25, 0.3) is 0 Å². The highest BCUT2D eigenvalue weighted by molar-refractivity contribution is 5.72. The van der Waals surface area contributed by atoms with Crippen LogP contribution in [0.15, 0.2) is 0 Å². The minimum absolute atomic E-state index is 0.0520.